The van der Waals surface area contributed by atoms with Gasteiger partial charge in [-0.3, -0.25) is 4.90 Å². The molecule has 2 aromatic carbocycles. The molecule has 0 amide bonds. The van der Waals surface area contributed by atoms with Crippen molar-refractivity contribution in [1.29, 1.82) is 0 Å². The van der Waals surface area contributed by atoms with Gasteiger partial charge in [0.25, 0.3) is 0 Å². The molecule has 0 radical (unpaired) electrons. The van der Waals surface area contributed by atoms with Crippen molar-refractivity contribution in [3.8, 4) is 5.75 Å². The van der Waals surface area contributed by atoms with Crippen LogP contribution in [0.15, 0.2) is 55.1 Å². The van der Waals surface area contributed by atoms with Crippen LogP contribution >= 0.6 is 11.6 Å². The zero-order valence-corrected chi connectivity index (χ0v) is 18.4. The third-order valence-electron chi connectivity index (χ3n) is 6.10. The molecular formula is C23H25ClF2N4O2. The van der Waals surface area contributed by atoms with Crippen molar-refractivity contribution in [2.75, 3.05) is 13.1 Å². The second-order valence-corrected chi connectivity index (χ2v) is 8.56. The van der Waals surface area contributed by atoms with Crippen LogP contribution in [0.4, 0.5) is 8.78 Å². The Kier molecular flexibility index (Phi) is 6.74. The third-order valence-corrected chi connectivity index (χ3v) is 6.35. The minimum absolute atomic E-state index is 0.0160. The Morgan fingerprint density at radius 3 is 2.53 bits per heavy atom. The van der Waals surface area contributed by atoms with Gasteiger partial charge in [-0.25, -0.2) is 18.4 Å². The van der Waals surface area contributed by atoms with E-state index in [0.29, 0.717) is 18.1 Å². The molecule has 1 N–H and O–H groups in total. The molecule has 1 aromatic heterocycles. The smallest absolute Gasteiger partial charge is 0.137 e. The summed E-state index contributed by atoms with van der Waals surface area (Å²) in [5.74, 6) is -0.723. The van der Waals surface area contributed by atoms with Crippen LogP contribution in [-0.2, 0) is 12.1 Å². The maximum atomic E-state index is 14.7. The highest BCUT2D eigenvalue weighted by molar-refractivity contribution is 6.30. The van der Waals surface area contributed by atoms with Gasteiger partial charge in [0.15, 0.2) is 0 Å². The molecule has 32 heavy (non-hydrogen) atoms. The number of piperidine rings is 1. The lowest BCUT2D eigenvalue weighted by Crippen LogP contribution is -2.54. The van der Waals surface area contributed by atoms with E-state index in [1.165, 1.54) is 23.4 Å². The van der Waals surface area contributed by atoms with E-state index in [4.69, 9.17) is 16.3 Å². The number of ether oxygens (including phenoxy) is 1. The molecule has 0 aliphatic carbocycles. The molecule has 170 valence electrons. The zero-order valence-electron chi connectivity index (χ0n) is 17.7. The lowest BCUT2D eigenvalue weighted by Gasteiger charge is -2.44. The highest BCUT2D eigenvalue weighted by Gasteiger charge is 2.43. The number of benzene rings is 2. The molecule has 2 atom stereocenters. The van der Waals surface area contributed by atoms with Gasteiger partial charge in [-0.2, -0.15) is 5.10 Å². The lowest BCUT2D eigenvalue weighted by molar-refractivity contribution is -0.0747. The highest BCUT2D eigenvalue weighted by atomic mass is 35.5. The molecule has 4 rings (SSSR count). The zero-order chi connectivity index (χ0) is 22.7. The van der Waals surface area contributed by atoms with Gasteiger partial charge < -0.3 is 9.84 Å². The van der Waals surface area contributed by atoms with E-state index in [-0.39, 0.29) is 18.2 Å². The second-order valence-electron chi connectivity index (χ2n) is 8.12. The van der Waals surface area contributed by atoms with Gasteiger partial charge in [0, 0.05) is 35.8 Å². The number of hydrogen-bond donors (Lipinski definition) is 1. The van der Waals surface area contributed by atoms with E-state index in [0.717, 1.165) is 30.7 Å². The Labute approximate surface area is 190 Å². The molecule has 3 aromatic rings. The third kappa shape index (κ3) is 4.92. The number of halogens is 3. The summed E-state index contributed by atoms with van der Waals surface area (Å²) in [6, 6.07) is 10.0. The van der Waals surface area contributed by atoms with Crippen LogP contribution in [-0.4, -0.2) is 50.0 Å². The first-order valence-electron chi connectivity index (χ1n) is 10.5. The standard InChI is InChI=1S/C23H25ClF2N4O2/c1-16(29-10-8-20(9-11-29)32-19-5-2-17(24)3-6-19)23(31,13-30-15-27-14-28-30)21-7-4-18(25)12-22(21)26/h2-7,12,14-16,20,31H,8-11,13H2,1H3/t16-,23-/m1/s1. The highest BCUT2D eigenvalue weighted by Crippen LogP contribution is 2.34. The molecule has 0 spiro atoms. The molecule has 2 heterocycles. The minimum atomic E-state index is -1.64. The van der Waals surface area contributed by atoms with Crippen molar-refractivity contribution < 1.29 is 18.6 Å². The second kappa shape index (κ2) is 9.52. The number of aromatic nitrogens is 3. The summed E-state index contributed by atoms with van der Waals surface area (Å²) in [5.41, 5.74) is -1.61. The van der Waals surface area contributed by atoms with Gasteiger partial charge in [-0.05, 0) is 50.1 Å². The van der Waals surface area contributed by atoms with E-state index < -0.39 is 23.3 Å². The first-order valence-corrected chi connectivity index (χ1v) is 10.9. The Hall–Kier alpha value is -2.55. The molecular weight excluding hydrogens is 438 g/mol. The van der Waals surface area contributed by atoms with Crippen LogP contribution in [0.25, 0.3) is 0 Å². The summed E-state index contributed by atoms with van der Waals surface area (Å²) >= 11 is 5.93. The summed E-state index contributed by atoms with van der Waals surface area (Å²) in [6.45, 7) is 3.14. The van der Waals surface area contributed by atoms with Crippen LogP contribution in [0.1, 0.15) is 25.3 Å². The first kappa shape index (κ1) is 22.6. The average molecular weight is 463 g/mol. The number of likely N-dealkylation sites (tertiary alicyclic amines) is 1. The Bertz CT molecular complexity index is 1030. The summed E-state index contributed by atoms with van der Waals surface area (Å²) < 4.78 is 35.8. The minimum Gasteiger partial charge on any atom is -0.490 e. The Balaban J connectivity index is 1.50. The maximum Gasteiger partial charge on any atom is 0.137 e. The fourth-order valence-electron chi connectivity index (χ4n) is 4.23. The molecule has 1 fully saturated rings. The quantitative estimate of drug-likeness (QED) is 0.574. The average Bonchev–Trinajstić information content (AvgIpc) is 3.28. The van der Waals surface area contributed by atoms with Gasteiger partial charge in [0.1, 0.15) is 41.7 Å². The predicted octanol–water partition coefficient (Wildman–Crippen LogP) is 4.03. The summed E-state index contributed by atoms with van der Waals surface area (Å²) in [4.78, 5) is 6.01. The predicted molar refractivity (Wildman–Crippen MR) is 116 cm³/mol. The van der Waals surface area contributed by atoms with Gasteiger partial charge in [-0.15, -0.1) is 0 Å². The van der Waals surface area contributed by atoms with E-state index >= 15 is 0 Å². The summed E-state index contributed by atoms with van der Waals surface area (Å²) in [6.07, 6.45) is 4.35. The van der Waals surface area contributed by atoms with E-state index in [9.17, 15) is 13.9 Å². The summed E-state index contributed by atoms with van der Waals surface area (Å²) in [7, 11) is 0. The number of aliphatic hydroxyl groups is 1. The maximum absolute atomic E-state index is 14.7. The lowest BCUT2D eigenvalue weighted by atomic mass is 9.84. The van der Waals surface area contributed by atoms with Gasteiger partial charge in [0.05, 0.1) is 6.54 Å². The molecule has 1 aliphatic heterocycles. The van der Waals surface area contributed by atoms with Crippen molar-refractivity contribution in [1.82, 2.24) is 19.7 Å². The Morgan fingerprint density at radius 2 is 1.91 bits per heavy atom. The largest absolute Gasteiger partial charge is 0.490 e. The number of rotatable bonds is 7. The summed E-state index contributed by atoms with van der Waals surface area (Å²) in [5, 5.41) is 16.5. The van der Waals surface area contributed by atoms with Crippen molar-refractivity contribution in [3.63, 3.8) is 0 Å². The van der Waals surface area contributed by atoms with Crippen molar-refractivity contribution in [2.24, 2.45) is 0 Å². The van der Waals surface area contributed by atoms with Crippen molar-refractivity contribution >= 4 is 11.6 Å². The molecule has 0 bridgehead atoms. The van der Waals surface area contributed by atoms with Gasteiger partial charge >= 0.3 is 0 Å². The normalized spacial score (nSPS) is 18.3. The molecule has 6 nitrogen and oxygen atoms in total. The van der Waals surface area contributed by atoms with Crippen LogP contribution in [0, 0.1) is 11.6 Å². The Morgan fingerprint density at radius 1 is 1.19 bits per heavy atom. The van der Waals surface area contributed by atoms with E-state index in [1.54, 1.807) is 12.1 Å². The topological polar surface area (TPSA) is 63.4 Å². The van der Waals surface area contributed by atoms with Gasteiger partial charge in [-0.1, -0.05) is 17.7 Å². The fraction of sp³-hybridized carbons (Fsp3) is 0.391. The van der Waals surface area contributed by atoms with E-state index in [2.05, 4.69) is 15.0 Å². The number of hydrogen-bond acceptors (Lipinski definition) is 5. The van der Waals surface area contributed by atoms with Gasteiger partial charge in [0.2, 0.25) is 0 Å². The van der Waals surface area contributed by atoms with Crippen LogP contribution in [0.3, 0.4) is 0 Å². The van der Waals surface area contributed by atoms with Crippen LogP contribution in [0.5, 0.6) is 5.75 Å². The van der Waals surface area contributed by atoms with Crippen molar-refractivity contribution in [2.45, 2.75) is 44.1 Å². The fourth-order valence-corrected chi connectivity index (χ4v) is 4.36. The van der Waals surface area contributed by atoms with Crippen LogP contribution < -0.4 is 4.74 Å². The SMILES string of the molecule is C[C@@H](N1CCC(Oc2ccc(Cl)cc2)CC1)[C@](O)(Cn1cncn1)c1ccc(F)cc1F. The first-order chi connectivity index (χ1) is 15.3. The van der Waals surface area contributed by atoms with Crippen molar-refractivity contribution in [3.05, 3.63) is 77.3 Å². The van der Waals surface area contributed by atoms with Crippen LogP contribution in [0.2, 0.25) is 5.02 Å². The molecule has 9 heteroatoms. The molecule has 1 aliphatic rings. The number of nitrogens with zero attached hydrogens (tertiary/aromatic N) is 4. The monoisotopic (exact) mass is 462 g/mol. The molecule has 0 unspecified atom stereocenters. The molecule has 0 saturated carbocycles. The molecule has 1 saturated heterocycles. The van der Waals surface area contributed by atoms with E-state index in [1.807, 2.05) is 19.1 Å².